The van der Waals surface area contributed by atoms with E-state index in [0.717, 1.165) is 68.8 Å². The van der Waals surface area contributed by atoms with Crippen molar-refractivity contribution in [1.29, 1.82) is 0 Å². The van der Waals surface area contributed by atoms with Crippen molar-refractivity contribution in [2.24, 2.45) is 5.41 Å². The van der Waals surface area contributed by atoms with Crippen molar-refractivity contribution in [2.45, 2.75) is 76.4 Å². The Morgan fingerprint density at radius 1 is 1.14 bits per heavy atom. The summed E-state index contributed by atoms with van der Waals surface area (Å²) in [6, 6.07) is 5.44. The molecule has 0 radical (unpaired) electrons. The van der Waals surface area contributed by atoms with Gasteiger partial charge in [0.2, 0.25) is 0 Å². The normalized spacial score (nSPS) is 22.8. The van der Waals surface area contributed by atoms with Crippen molar-refractivity contribution in [2.75, 3.05) is 24.6 Å². The molecule has 3 atom stereocenters. The number of hydrogen-bond donors (Lipinski definition) is 1. The summed E-state index contributed by atoms with van der Waals surface area (Å²) in [7, 11) is 0. The number of nitrogens with one attached hydrogen (secondary N) is 1. The molecule has 4 aromatic rings. The van der Waals surface area contributed by atoms with Crippen LogP contribution < -0.4 is 9.62 Å². The molecule has 228 valence electrons. The number of piperidine rings is 1. The number of rotatable bonds is 5. The Bertz CT molecular complexity index is 1640. The van der Waals surface area contributed by atoms with Gasteiger partial charge in [-0.1, -0.05) is 40.5 Å². The van der Waals surface area contributed by atoms with E-state index in [1.807, 2.05) is 48.5 Å². The first kappa shape index (κ1) is 29.2. The topological polar surface area (TPSA) is 122 Å². The zero-order valence-corrected chi connectivity index (χ0v) is 26.8. The standard InChI is InChI=1S/C29H35Cl2N9O2S/c1-28(2,3)43(41)36-26-20-15-33-37-39(20)17-29(26)10-12-38(13-11-29)21-16-32-25-24(18-7-6-8-19(30)23(18)31)35-40(27(25)34-21)22-9-4-5-14-42-22/h6-8,15-16,22,26,36H,4-5,9-14,17H2,1-3H3/t22?,26-,43?/m1/s1. The predicted octanol–water partition coefficient (Wildman–Crippen LogP) is 5.48. The molecule has 3 aromatic heterocycles. The van der Waals surface area contributed by atoms with Crippen LogP contribution in [0.5, 0.6) is 0 Å². The van der Waals surface area contributed by atoms with Crippen LogP contribution in [0.1, 0.15) is 70.8 Å². The summed E-state index contributed by atoms with van der Waals surface area (Å²) in [5.41, 5.74) is 3.57. The molecule has 11 nitrogen and oxygen atoms in total. The highest BCUT2D eigenvalue weighted by molar-refractivity contribution is 7.90. The lowest BCUT2D eigenvalue weighted by molar-refractivity contribution is -0.0368. The highest BCUT2D eigenvalue weighted by Gasteiger charge is 2.52. The average molecular weight is 645 g/mol. The van der Waals surface area contributed by atoms with Crippen molar-refractivity contribution in [1.82, 2.24) is 39.5 Å². The number of nitrogens with zero attached hydrogens (tertiary/aromatic N) is 8. The van der Waals surface area contributed by atoms with Gasteiger partial charge in [-0.05, 0) is 58.9 Å². The maximum atomic E-state index is 13.2. The Balaban J connectivity index is 1.19. The molecule has 1 spiro atoms. The Morgan fingerprint density at radius 2 is 1.95 bits per heavy atom. The smallest absolute Gasteiger partial charge is 0.182 e. The van der Waals surface area contributed by atoms with Gasteiger partial charge in [-0.15, -0.1) is 9.82 Å². The Hall–Kier alpha value is -2.48. The third kappa shape index (κ3) is 5.19. The van der Waals surface area contributed by atoms with E-state index < -0.39 is 11.4 Å². The molecular weight excluding hydrogens is 609 g/mol. The first-order chi connectivity index (χ1) is 20.6. The Morgan fingerprint density at radius 3 is 2.70 bits per heavy atom. The Kier molecular flexibility index (Phi) is 7.58. The molecule has 0 amide bonds. The van der Waals surface area contributed by atoms with Gasteiger partial charge < -0.3 is 14.2 Å². The van der Waals surface area contributed by atoms with Crippen LogP contribution in [0.15, 0.2) is 30.6 Å². The van der Waals surface area contributed by atoms with Crippen molar-refractivity contribution < 1.29 is 9.29 Å². The number of hydrogen-bond acceptors (Lipinski definition) is 9. The van der Waals surface area contributed by atoms with Crippen LogP contribution in [0.3, 0.4) is 0 Å². The summed E-state index contributed by atoms with van der Waals surface area (Å²) in [5.74, 6) is 0.795. The molecule has 1 aromatic carbocycles. The van der Waals surface area contributed by atoms with E-state index in [0.29, 0.717) is 33.5 Å². The van der Waals surface area contributed by atoms with Gasteiger partial charge in [0.1, 0.15) is 27.8 Å². The van der Waals surface area contributed by atoms with Crippen LogP contribution in [0.2, 0.25) is 10.0 Å². The van der Waals surface area contributed by atoms with Crippen molar-refractivity contribution in [3.8, 4) is 11.3 Å². The minimum absolute atomic E-state index is 0.0897. The fraction of sp³-hybridized carbons (Fsp3) is 0.552. The molecule has 1 N–H and O–H groups in total. The number of ether oxygens (including phenoxy) is 1. The van der Waals surface area contributed by atoms with E-state index >= 15 is 0 Å². The lowest BCUT2D eigenvalue weighted by atomic mass is 9.74. The molecule has 43 heavy (non-hydrogen) atoms. The quantitative estimate of drug-likeness (QED) is 0.281. The first-order valence-corrected chi connectivity index (χ1v) is 16.7. The minimum atomic E-state index is -1.22. The maximum absolute atomic E-state index is 13.2. The third-order valence-corrected chi connectivity index (χ3v) is 11.3. The van der Waals surface area contributed by atoms with Crippen LogP contribution in [0.25, 0.3) is 22.4 Å². The minimum Gasteiger partial charge on any atom is -0.598 e. The second kappa shape index (κ2) is 11.1. The second-order valence-electron chi connectivity index (χ2n) is 12.7. The van der Waals surface area contributed by atoms with Crippen molar-refractivity contribution in [3.63, 3.8) is 0 Å². The summed E-state index contributed by atoms with van der Waals surface area (Å²) < 4.78 is 26.2. The van der Waals surface area contributed by atoms with Gasteiger partial charge in [0.15, 0.2) is 11.9 Å². The molecule has 0 bridgehead atoms. The number of halogens is 2. The molecule has 14 heteroatoms. The molecule has 3 aliphatic heterocycles. The second-order valence-corrected chi connectivity index (χ2v) is 15.5. The van der Waals surface area contributed by atoms with Crippen LogP contribution in [-0.4, -0.2) is 63.7 Å². The van der Waals surface area contributed by atoms with E-state index in [-0.39, 0.29) is 22.4 Å². The van der Waals surface area contributed by atoms with Crippen LogP contribution in [-0.2, 0) is 22.6 Å². The molecule has 2 fully saturated rings. The van der Waals surface area contributed by atoms with E-state index in [4.69, 9.17) is 43.0 Å². The highest BCUT2D eigenvalue weighted by atomic mass is 35.5. The van der Waals surface area contributed by atoms with Crippen molar-refractivity contribution >= 4 is 51.5 Å². The first-order valence-electron chi connectivity index (χ1n) is 14.8. The predicted molar refractivity (Wildman–Crippen MR) is 167 cm³/mol. The summed E-state index contributed by atoms with van der Waals surface area (Å²) in [6.07, 6.45) is 8.10. The summed E-state index contributed by atoms with van der Waals surface area (Å²) >= 11 is 11.8. The van der Waals surface area contributed by atoms with Gasteiger partial charge in [0, 0.05) is 42.0 Å². The van der Waals surface area contributed by atoms with E-state index in [9.17, 15) is 4.55 Å². The number of benzene rings is 1. The fourth-order valence-electron chi connectivity index (χ4n) is 6.45. The lowest BCUT2D eigenvalue weighted by Gasteiger charge is -2.43. The molecule has 2 saturated heterocycles. The number of anilines is 1. The summed E-state index contributed by atoms with van der Waals surface area (Å²) in [4.78, 5) is 12.3. The van der Waals surface area contributed by atoms with Gasteiger partial charge in [-0.25, -0.2) is 19.3 Å². The van der Waals surface area contributed by atoms with Crippen LogP contribution in [0, 0.1) is 5.41 Å². The van der Waals surface area contributed by atoms with Gasteiger partial charge in [0.25, 0.3) is 0 Å². The Labute approximate surface area is 263 Å². The number of aromatic nitrogens is 7. The number of fused-ring (bicyclic) bond motifs is 2. The molecular formula is C29H35Cl2N9O2S. The highest BCUT2D eigenvalue weighted by Crippen LogP contribution is 2.50. The van der Waals surface area contributed by atoms with Gasteiger partial charge >= 0.3 is 0 Å². The van der Waals surface area contributed by atoms with E-state index in [1.165, 1.54) is 0 Å². The molecule has 0 aliphatic carbocycles. The van der Waals surface area contributed by atoms with Crippen LogP contribution in [0.4, 0.5) is 5.82 Å². The van der Waals surface area contributed by atoms with Crippen LogP contribution >= 0.6 is 23.2 Å². The fourth-order valence-corrected chi connectivity index (χ4v) is 7.78. The maximum Gasteiger partial charge on any atom is 0.182 e. The average Bonchev–Trinajstić information content (AvgIpc) is 3.68. The molecule has 3 aliphatic rings. The van der Waals surface area contributed by atoms with Crippen molar-refractivity contribution in [3.05, 3.63) is 46.3 Å². The monoisotopic (exact) mass is 643 g/mol. The van der Waals surface area contributed by atoms with E-state index in [1.54, 1.807) is 12.3 Å². The van der Waals surface area contributed by atoms with Gasteiger partial charge in [0.05, 0.1) is 34.7 Å². The molecule has 7 rings (SSSR count). The zero-order chi connectivity index (χ0) is 29.9. The third-order valence-electron chi connectivity index (χ3n) is 8.91. The summed E-state index contributed by atoms with van der Waals surface area (Å²) in [6.45, 7) is 8.94. The SMILES string of the molecule is CC(C)(C)[S+]([O-])N[C@@H]1c2cnnn2CC12CCN(c1cnc3c(-c4cccc(Cl)c4Cl)nn(C4CCCCO4)c3n1)CC2. The largest absolute Gasteiger partial charge is 0.598 e. The van der Waals surface area contributed by atoms with Gasteiger partial charge in [-0.2, -0.15) is 5.10 Å². The molecule has 6 heterocycles. The van der Waals surface area contributed by atoms with Gasteiger partial charge in [-0.3, -0.25) is 0 Å². The summed E-state index contributed by atoms with van der Waals surface area (Å²) in [5, 5.41) is 14.3. The lowest BCUT2D eigenvalue weighted by Crippen LogP contribution is -2.50. The van der Waals surface area contributed by atoms with E-state index in [2.05, 4.69) is 19.9 Å². The zero-order valence-electron chi connectivity index (χ0n) is 24.5. The molecule has 2 unspecified atom stereocenters. The molecule has 0 saturated carbocycles.